The molecule has 3 rings (SSSR count). The Kier molecular flexibility index (Phi) is 7.20. The maximum atomic E-state index is 12.7. The van der Waals surface area contributed by atoms with Gasteiger partial charge in [0.1, 0.15) is 5.75 Å². The third-order valence-electron chi connectivity index (χ3n) is 5.21. The lowest BCUT2D eigenvalue weighted by molar-refractivity contribution is 0.0729. The Bertz CT molecular complexity index is 1210. The highest BCUT2D eigenvalue weighted by Gasteiger charge is 2.17. The lowest BCUT2D eigenvalue weighted by atomic mass is 9.87. The lowest BCUT2D eigenvalue weighted by Gasteiger charge is -2.19. The van der Waals surface area contributed by atoms with E-state index in [4.69, 9.17) is 14.2 Å². The van der Waals surface area contributed by atoms with E-state index in [2.05, 4.69) is 26.8 Å². The molecule has 0 aliphatic heterocycles. The maximum absolute atomic E-state index is 12.7. The molecule has 5 heteroatoms. The van der Waals surface area contributed by atoms with Gasteiger partial charge in [-0.05, 0) is 59.0 Å². The summed E-state index contributed by atoms with van der Waals surface area (Å²) < 4.78 is 16.4. The largest absolute Gasteiger partial charge is 0.496 e. The topological polar surface area (TPSA) is 68.6 Å². The van der Waals surface area contributed by atoms with E-state index in [-0.39, 0.29) is 5.41 Å². The number of methoxy groups -OCH3 is 2. The second kappa shape index (κ2) is 10.1. The Hall–Kier alpha value is -4.04. The molecule has 0 atom stereocenters. The van der Waals surface area contributed by atoms with Gasteiger partial charge in [-0.1, -0.05) is 51.1 Å². The first-order chi connectivity index (χ1) is 15.8. The second-order valence-electron chi connectivity index (χ2n) is 8.50. The van der Waals surface area contributed by atoms with Crippen LogP contribution in [0, 0.1) is 11.3 Å². The van der Waals surface area contributed by atoms with Gasteiger partial charge in [0.2, 0.25) is 0 Å². The molecule has 33 heavy (non-hydrogen) atoms. The lowest BCUT2D eigenvalue weighted by Crippen LogP contribution is -2.13. The summed E-state index contributed by atoms with van der Waals surface area (Å²) >= 11 is 0. The van der Waals surface area contributed by atoms with Crippen LogP contribution in [0.5, 0.6) is 17.2 Å². The summed E-state index contributed by atoms with van der Waals surface area (Å²) in [5.74, 6) is 0.833. The van der Waals surface area contributed by atoms with E-state index in [1.165, 1.54) is 7.11 Å². The maximum Gasteiger partial charge on any atom is 0.343 e. The second-order valence-corrected chi connectivity index (χ2v) is 8.50. The molecular weight excluding hydrogens is 414 g/mol. The monoisotopic (exact) mass is 441 g/mol. The van der Waals surface area contributed by atoms with Gasteiger partial charge in [-0.25, -0.2) is 4.79 Å². The predicted octanol–water partition coefficient (Wildman–Crippen LogP) is 6.28. The average Bonchev–Trinajstić information content (AvgIpc) is 2.82. The molecule has 0 fully saturated rings. The first kappa shape index (κ1) is 23.6. The zero-order valence-electron chi connectivity index (χ0n) is 19.5. The molecule has 5 nitrogen and oxygen atoms in total. The van der Waals surface area contributed by atoms with Crippen molar-refractivity contribution < 1.29 is 19.0 Å². The number of allylic oxidation sites excluding steroid dienone is 1. The molecule has 0 bridgehead atoms. The van der Waals surface area contributed by atoms with Crippen molar-refractivity contribution in [1.29, 1.82) is 5.26 Å². The van der Waals surface area contributed by atoms with Crippen molar-refractivity contribution in [1.82, 2.24) is 0 Å². The van der Waals surface area contributed by atoms with Crippen molar-refractivity contribution in [2.24, 2.45) is 0 Å². The van der Waals surface area contributed by atoms with Crippen LogP contribution in [-0.4, -0.2) is 20.2 Å². The predicted molar refractivity (Wildman–Crippen MR) is 130 cm³/mol. The summed E-state index contributed by atoms with van der Waals surface area (Å²) in [7, 11) is 3.07. The van der Waals surface area contributed by atoms with Gasteiger partial charge in [-0.3, -0.25) is 0 Å². The molecule has 0 radical (unpaired) electrons. The normalized spacial score (nSPS) is 11.5. The third kappa shape index (κ3) is 5.61. The van der Waals surface area contributed by atoms with Gasteiger partial charge in [0, 0.05) is 5.56 Å². The fourth-order valence-electron chi connectivity index (χ4n) is 3.33. The van der Waals surface area contributed by atoms with Gasteiger partial charge in [0.05, 0.1) is 31.4 Å². The van der Waals surface area contributed by atoms with Crippen molar-refractivity contribution in [2.45, 2.75) is 26.2 Å². The van der Waals surface area contributed by atoms with Crippen LogP contribution in [0.4, 0.5) is 0 Å². The van der Waals surface area contributed by atoms with E-state index in [9.17, 15) is 10.1 Å². The molecule has 0 saturated heterocycles. The van der Waals surface area contributed by atoms with Gasteiger partial charge in [-0.2, -0.15) is 5.26 Å². The Labute approximate surface area is 194 Å². The van der Waals surface area contributed by atoms with E-state index in [1.54, 1.807) is 49.6 Å². The number of carbonyl (C=O) groups is 1. The highest BCUT2D eigenvalue weighted by molar-refractivity contribution is 5.93. The zero-order valence-corrected chi connectivity index (χ0v) is 19.5. The molecule has 0 aliphatic rings. The summed E-state index contributed by atoms with van der Waals surface area (Å²) in [4.78, 5) is 12.7. The van der Waals surface area contributed by atoms with E-state index >= 15 is 0 Å². The molecule has 0 unspecified atom stereocenters. The minimum Gasteiger partial charge on any atom is -0.496 e. The van der Waals surface area contributed by atoms with Crippen molar-refractivity contribution in [3.8, 4) is 23.3 Å². The minimum absolute atomic E-state index is 0.00104. The summed E-state index contributed by atoms with van der Waals surface area (Å²) in [6, 6.07) is 22.1. The van der Waals surface area contributed by atoms with Crippen LogP contribution >= 0.6 is 0 Å². The van der Waals surface area contributed by atoms with Crippen molar-refractivity contribution in [2.75, 3.05) is 14.2 Å². The number of nitriles is 1. The molecule has 0 aromatic heterocycles. The first-order valence-corrected chi connectivity index (χ1v) is 10.5. The number of rotatable bonds is 6. The SMILES string of the molecule is COc1cc(/C=C(/C#N)c2ccccc2OC)ccc1OC(=O)c1ccc(C(C)(C)C)cc1. The molecule has 0 spiro atoms. The summed E-state index contributed by atoms with van der Waals surface area (Å²) in [6.07, 6.45) is 1.73. The molecule has 0 N–H and O–H groups in total. The molecule has 0 saturated carbocycles. The quantitative estimate of drug-likeness (QED) is 0.195. The summed E-state index contributed by atoms with van der Waals surface area (Å²) in [5, 5.41) is 9.68. The van der Waals surface area contributed by atoms with Crippen molar-refractivity contribution in [3.05, 3.63) is 89.0 Å². The van der Waals surface area contributed by atoms with Gasteiger partial charge in [-0.15, -0.1) is 0 Å². The fraction of sp³-hybridized carbons (Fsp3) is 0.214. The Balaban J connectivity index is 1.86. The van der Waals surface area contributed by atoms with Crippen molar-refractivity contribution >= 4 is 17.6 Å². The number of para-hydroxylation sites is 1. The minimum atomic E-state index is -0.469. The molecule has 0 amide bonds. The highest BCUT2D eigenvalue weighted by atomic mass is 16.6. The molecule has 3 aromatic carbocycles. The van der Waals surface area contributed by atoms with Crippen LogP contribution in [0.3, 0.4) is 0 Å². The number of benzene rings is 3. The Morgan fingerprint density at radius 2 is 1.55 bits per heavy atom. The number of hydrogen-bond donors (Lipinski definition) is 0. The third-order valence-corrected chi connectivity index (χ3v) is 5.21. The van der Waals surface area contributed by atoms with E-state index in [1.807, 2.05) is 30.3 Å². The molecule has 0 aliphatic carbocycles. The van der Waals surface area contributed by atoms with Crippen LogP contribution in [0.1, 0.15) is 47.8 Å². The van der Waals surface area contributed by atoms with E-state index in [0.717, 1.165) is 11.1 Å². The Morgan fingerprint density at radius 1 is 0.879 bits per heavy atom. The standard InChI is InChI=1S/C28H27NO4/c1-28(2,3)22-13-11-20(12-14-22)27(30)33-25-15-10-19(17-26(25)32-5)16-21(18-29)23-8-6-7-9-24(23)31-4/h6-17H,1-5H3/b21-16-. The molecular formula is C28H27NO4. The van der Waals surface area contributed by atoms with Crippen LogP contribution < -0.4 is 14.2 Å². The van der Waals surface area contributed by atoms with Crippen LogP contribution in [0.15, 0.2) is 66.7 Å². The number of ether oxygens (including phenoxy) is 3. The van der Waals surface area contributed by atoms with Gasteiger partial charge in [0.25, 0.3) is 0 Å². The summed E-state index contributed by atoms with van der Waals surface area (Å²) in [5.41, 5.74) is 3.45. The van der Waals surface area contributed by atoms with Crippen LogP contribution in [0.25, 0.3) is 11.6 Å². The van der Waals surface area contributed by atoms with Crippen LogP contribution in [0.2, 0.25) is 0 Å². The number of esters is 1. The highest BCUT2D eigenvalue weighted by Crippen LogP contribution is 2.32. The zero-order chi connectivity index (χ0) is 24.0. The smallest absolute Gasteiger partial charge is 0.343 e. The number of carbonyl (C=O) groups excluding carboxylic acids is 1. The van der Waals surface area contributed by atoms with Gasteiger partial charge < -0.3 is 14.2 Å². The van der Waals surface area contributed by atoms with E-state index in [0.29, 0.717) is 33.9 Å². The Morgan fingerprint density at radius 3 is 2.15 bits per heavy atom. The number of hydrogen-bond acceptors (Lipinski definition) is 5. The van der Waals surface area contributed by atoms with Crippen LogP contribution in [-0.2, 0) is 5.41 Å². The fourth-order valence-corrected chi connectivity index (χ4v) is 3.33. The number of nitrogens with zero attached hydrogens (tertiary/aromatic N) is 1. The first-order valence-electron chi connectivity index (χ1n) is 10.5. The molecule has 3 aromatic rings. The molecule has 0 heterocycles. The van der Waals surface area contributed by atoms with Gasteiger partial charge in [0.15, 0.2) is 11.5 Å². The van der Waals surface area contributed by atoms with E-state index < -0.39 is 5.97 Å². The molecule has 168 valence electrons. The average molecular weight is 442 g/mol. The van der Waals surface area contributed by atoms with Gasteiger partial charge >= 0.3 is 5.97 Å². The van der Waals surface area contributed by atoms with Crippen molar-refractivity contribution in [3.63, 3.8) is 0 Å². The summed E-state index contributed by atoms with van der Waals surface area (Å²) in [6.45, 7) is 6.35.